The first kappa shape index (κ1) is 7.34. The molecule has 12 heavy (non-hydrogen) atoms. The summed E-state index contributed by atoms with van der Waals surface area (Å²) in [4.78, 5) is 0. The lowest BCUT2D eigenvalue weighted by Gasteiger charge is -2.20. The number of fused-ring (bicyclic) bond motifs is 2. The zero-order valence-corrected chi connectivity index (χ0v) is 7.96. The van der Waals surface area contributed by atoms with E-state index in [1.54, 1.807) is 0 Å². The molecular formula is C10H16O2. The van der Waals surface area contributed by atoms with Crippen LogP contribution >= 0.6 is 0 Å². The van der Waals surface area contributed by atoms with Crippen LogP contribution in [-0.4, -0.2) is 23.4 Å². The Balaban J connectivity index is 1.82. The molecule has 0 bridgehead atoms. The van der Waals surface area contributed by atoms with E-state index in [1.807, 2.05) is 0 Å². The first-order chi connectivity index (χ1) is 5.57. The standard InChI is InChI=1S/C10H16O2/c1-6(2)10-5-7-9(3,11-7)4-8(10)12-10/h6-8H,4-5H2,1-3H3. The molecule has 0 spiro atoms. The van der Waals surface area contributed by atoms with Gasteiger partial charge < -0.3 is 9.47 Å². The summed E-state index contributed by atoms with van der Waals surface area (Å²) in [7, 11) is 0. The molecule has 0 aromatic carbocycles. The quantitative estimate of drug-likeness (QED) is 0.557. The van der Waals surface area contributed by atoms with Gasteiger partial charge in [0.25, 0.3) is 0 Å². The predicted molar refractivity (Wildman–Crippen MR) is 45.0 cm³/mol. The Bertz CT molecular complexity index is 238. The Kier molecular flexibility index (Phi) is 1.06. The highest BCUT2D eigenvalue weighted by molar-refractivity contribution is 5.20. The van der Waals surface area contributed by atoms with Gasteiger partial charge >= 0.3 is 0 Å². The second kappa shape index (κ2) is 1.73. The first-order valence-electron chi connectivity index (χ1n) is 4.92. The van der Waals surface area contributed by atoms with Crippen LogP contribution in [0.1, 0.15) is 33.6 Å². The maximum atomic E-state index is 5.81. The summed E-state index contributed by atoms with van der Waals surface area (Å²) >= 11 is 0. The van der Waals surface area contributed by atoms with Gasteiger partial charge in [-0.15, -0.1) is 0 Å². The first-order valence-corrected chi connectivity index (χ1v) is 4.92. The van der Waals surface area contributed by atoms with E-state index in [2.05, 4.69) is 20.8 Å². The van der Waals surface area contributed by atoms with Gasteiger partial charge in [-0.2, -0.15) is 0 Å². The molecular weight excluding hydrogens is 152 g/mol. The van der Waals surface area contributed by atoms with Gasteiger partial charge in [-0.3, -0.25) is 0 Å². The highest BCUT2D eigenvalue weighted by Gasteiger charge is 2.72. The number of ether oxygens (including phenoxy) is 2. The van der Waals surface area contributed by atoms with Gasteiger partial charge in [0.2, 0.25) is 0 Å². The minimum absolute atomic E-state index is 0.194. The van der Waals surface area contributed by atoms with Crippen molar-refractivity contribution in [1.29, 1.82) is 0 Å². The smallest absolute Gasteiger partial charge is 0.0997 e. The molecule has 1 aliphatic carbocycles. The fourth-order valence-corrected chi connectivity index (χ4v) is 2.75. The van der Waals surface area contributed by atoms with Crippen molar-refractivity contribution in [3.63, 3.8) is 0 Å². The highest BCUT2D eigenvalue weighted by atomic mass is 16.6. The van der Waals surface area contributed by atoms with E-state index in [0.29, 0.717) is 18.1 Å². The molecule has 0 amide bonds. The lowest BCUT2D eigenvalue weighted by atomic mass is 9.77. The average molecular weight is 168 g/mol. The van der Waals surface area contributed by atoms with E-state index in [9.17, 15) is 0 Å². The van der Waals surface area contributed by atoms with Crippen molar-refractivity contribution in [2.75, 3.05) is 0 Å². The van der Waals surface area contributed by atoms with E-state index in [-0.39, 0.29) is 11.2 Å². The van der Waals surface area contributed by atoms with E-state index in [0.717, 1.165) is 12.8 Å². The molecule has 0 aromatic heterocycles. The van der Waals surface area contributed by atoms with Crippen LogP contribution in [0, 0.1) is 5.92 Å². The van der Waals surface area contributed by atoms with E-state index < -0.39 is 0 Å². The van der Waals surface area contributed by atoms with Gasteiger partial charge in [0.05, 0.1) is 23.4 Å². The Morgan fingerprint density at radius 2 is 1.92 bits per heavy atom. The average Bonchev–Trinajstić information content (AvgIpc) is 2.74. The van der Waals surface area contributed by atoms with E-state index in [1.165, 1.54) is 0 Å². The summed E-state index contributed by atoms with van der Waals surface area (Å²) < 4.78 is 11.5. The lowest BCUT2D eigenvalue weighted by molar-refractivity contribution is 0.197. The predicted octanol–water partition coefficient (Wildman–Crippen LogP) is 1.73. The molecule has 0 N–H and O–H groups in total. The molecule has 3 rings (SSSR count). The van der Waals surface area contributed by atoms with Gasteiger partial charge in [-0.05, 0) is 12.8 Å². The Labute approximate surface area is 73.2 Å². The van der Waals surface area contributed by atoms with Crippen LogP contribution in [0.3, 0.4) is 0 Å². The molecule has 1 saturated carbocycles. The molecule has 0 radical (unpaired) electrons. The van der Waals surface area contributed by atoms with Crippen molar-refractivity contribution in [3.05, 3.63) is 0 Å². The Morgan fingerprint density at radius 1 is 1.17 bits per heavy atom. The highest BCUT2D eigenvalue weighted by Crippen LogP contribution is 2.62. The van der Waals surface area contributed by atoms with Crippen LogP contribution in [0.15, 0.2) is 0 Å². The number of hydrogen-bond acceptors (Lipinski definition) is 2. The summed E-state index contributed by atoms with van der Waals surface area (Å²) in [5.41, 5.74) is 0.403. The maximum Gasteiger partial charge on any atom is 0.0997 e. The zero-order chi connectivity index (χ0) is 8.56. The normalized spacial score (nSPS) is 61.0. The molecule has 2 heterocycles. The minimum Gasteiger partial charge on any atom is -0.366 e. The zero-order valence-electron chi connectivity index (χ0n) is 7.96. The van der Waals surface area contributed by atoms with Gasteiger partial charge in [0.15, 0.2) is 0 Å². The van der Waals surface area contributed by atoms with Gasteiger partial charge in [0, 0.05) is 12.8 Å². The van der Waals surface area contributed by atoms with Crippen molar-refractivity contribution < 1.29 is 9.47 Å². The topological polar surface area (TPSA) is 25.1 Å². The van der Waals surface area contributed by atoms with Gasteiger partial charge in [-0.25, -0.2) is 0 Å². The summed E-state index contributed by atoms with van der Waals surface area (Å²) in [6.07, 6.45) is 3.25. The number of hydrogen-bond donors (Lipinski definition) is 0. The molecule has 0 aromatic rings. The lowest BCUT2D eigenvalue weighted by Crippen LogP contribution is -2.33. The van der Waals surface area contributed by atoms with Crippen molar-refractivity contribution in [3.8, 4) is 0 Å². The Morgan fingerprint density at radius 3 is 2.58 bits per heavy atom. The molecule has 2 saturated heterocycles. The third-order valence-corrected chi connectivity index (χ3v) is 3.96. The third-order valence-electron chi connectivity index (χ3n) is 3.96. The molecule has 2 nitrogen and oxygen atoms in total. The third kappa shape index (κ3) is 0.686. The summed E-state index contributed by atoms with van der Waals surface area (Å²) in [5.74, 6) is 0.649. The van der Waals surface area contributed by atoms with E-state index in [4.69, 9.17) is 9.47 Å². The van der Waals surface area contributed by atoms with E-state index >= 15 is 0 Å². The summed E-state index contributed by atoms with van der Waals surface area (Å²) in [5, 5.41) is 0. The summed E-state index contributed by atoms with van der Waals surface area (Å²) in [6, 6.07) is 0. The largest absolute Gasteiger partial charge is 0.366 e. The minimum atomic E-state index is 0.194. The fraction of sp³-hybridized carbons (Fsp3) is 1.00. The van der Waals surface area contributed by atoms with Gasteiger partial charge in [-0.1, -0.05) is 13.8 Å². The second-order valence-electron chi connectivity index (χ2n) is 5.04. The van der Waals surface area contributed by atoms with Crippen molar-refractivity contribution in [2.24, 2.45) is 5.92 Å². The van der Waals surface area contributed by atoms with Crippen LogP contribution < -0.4 is 0 Å². The van der Waals surface area contributed by atoms with Crippen LogP contribution in [0.25, 0.3) is 0 Å². The SMILES string of the molecule is CC(C)C12CC3OC3(C)CC1O2. The molecule has 3 aliphatic rings. The molecule has 3 fully saturated rings. The molecule has 4 atom stereocenters. The van der Waals surface area contributed by atoms with Crippen molar-refractivity contribution in [2.45, 2.75) is 57.0 Å². The molecule has 68 valence electrons. The van der Waals surface area contributed by atoms with Crippen LogP contribution in [-0.2, 0) is 9.47 Å². The summed E-state index contributed by atoms with van der Waals surface area (Å²) in [6.45, 7) is 6.72. The second-order valence-corrected chi connectivity index (χ2v) is 5.04. The fourth-order valence-electron chi connectivity index (χ4n) is 2.75. The van der Waals surface area contributed by atoms with Gasteiger partial charge in [0.1, 0.15) is 0 Å². The van der Waals surface area contributed by atoms with Crippen LogP contribution in [0.5, 0.6) is 0 Å². The van der Waals surface area contributed by atoms with Crippen molar-refractivity contribution in [1.82, 2.24) is 0 Å². The molecule has 2 heteroatoms. The monoisotopic (exact) mass is 168 g/mol. The number of epoxide rings is 2. The maximum absolute atomic E-state index is 5.81. The van der Waals surface area contributed by atoms with Crippen LogP contribution in [0.2, 0.25) is 0 Å². The van der Waals surface area contributed by atoms with Crippen molar-refractivity contribution >= 4 is 0 Å². The molecule has 2 aliphatic heterocycles. The van der Waals surface area contributed by atoms with Crippen LogP contribution in [0.4, 0.5) is 0 Å². The Hall–Kier alpha value is -0.0800. The molecule has 4 unspecified atom stereocenters. The number of rotatable bonds is 1.